The smallest absolute Gasteiger partial charge is 0.340 e. The first-order valence-corrected chi connectivity index (χ1v) is 7.84. The lowest BCUT2D eigenvalue weighted by Gasteiger charge is -2.30. The van der Waals surface area contributed by atoms with Gasteiger partial charge in [0, 0.05) is 19.0 Å². The number of carbonyl (C=O) groups is 3. The first-order valence-electron chi connectivity index (χ1n) is 7.08. The van der Waals surface area contributed by atoms with Crippen molar-refractivity contribution in [2.45, 2.75) is 12.8 Å². The predicted octanol–water partition coefficient (Wildman–Crippen LogP) is 1.87. The minimum absolute atomic E-state index is 0.0916. The van der Waals surface area contributed by atoms with Crippen molar-refractivity contribution in [3.8, 4) is 0 Å². The maximum atomic E-state index is 12.0. The van der Waals surface area contributed by atoms with Crippen LogP contribution >= 0.6 is 23.2 Å². The van der Waals surface area contributed by atoms with E-state index in [1.54, 1.807) is 17.0 Å². The second-order valence-corrected chi connectivity index (χ2v) is 6.02. The zero-order valence-corrected chi connectivity index (χ0v) is 13.8. The Labute approximate surface area is 143 Å². The lowest BCUT2D eigenvalue weighted by atomic mass is 9.96. The molecule has 0 aliphatic carbocycles. The molecule has 1 heterocycles. The van der Waals surface area contributed by atoms with Gasteiger partial charge in [-0.1, -0.05) is 29.3 Å². The number of carbonyl (C=O) groups excluding carboxylic acids is 3. The molecular formula is C15H16Cl2N2O4. The van der Waals surface area contributed by atoms with E-state index in [0.717, 1.165) is 0 Å². The van der Waals surface area contributed by atoms with E-state index in [1.807, 2.05) is 0 Å². The van der Waals surface area contributed by atoms with Crippen molar-refractivity contribution in [1.29, 1.82) is 0 Å². The highest BCUT2D eigenvalue weighted by atomic mass is 35.5. The Morgan fingerprint density at radius 2 is 1.87 bits per heavy atom. The van der Waals surface area contributed by atoms with Crippen molar-refractivity contribution in [3.05, 3.63) is 33.8 Å². The summed E-state index contributed by atoms with van der Waals surface area (Å²) < 4.78 is 4.99. The Hall–Kier alpha value is -1.79. The number of esters is 1. The fourth-order valence-electron chi connectivity index (χ4n) is 2.37. The third-order valence-electron chi connectivity index (χ3n) is 3.75. The number of piperidine rings is 1. The van der Waals surface area contributed by atoms with Gasteiger partial charge in [0.05, 0.1) is 15.6 Å². The number of hydrogen-bond acceptors (Lipinski definition) is 4. The van der Waals surface area contributed by atoms with Crippen LogP contribution in [0.1, 0.15) is 23.2 Å². The lowest BCUT2D eigenvalue weighted by molar-refractivity contribution is -0.137. The molecular weight excluding hydrogens is 343 g/mol. The summed E-state index contributed by atoms with van der Waals surface area (Å²) in [5.41, 5.74) is 5.35. The van der Waals surface area contributed by atoms with Gasteiger partial charge in [-0.2, -0.15) is 0 Å². The molecule has 1 aliphatic rings. The third-order valence-corrected chi connectivity index (χ3v) is 4.57. The number of amides is 2. The highest BCUT2D eigenvalue weighted by Crippen LogP contribution is 2.26. The fourth-order valence-corrected chi connectivity index (χ4v) is 2.75. The van der Waals surface area contributed by atoms with Crippen LogP contribution in [0.25, 0.3) is 0 Å². The van der Waals surface area contributed by atoms with Gasteiger partial charge in [-0.15, -0.1) is 0 Å². The maximum Gasteiger partial charge on any atom is 0.340 e. The summed E-state index contributed by atoms with van der Waals surface area (Å²) in [6.45, 7) is 0.451. The van der Waals surface area contributed by atoms with Crippen molar-refractivity contribution in [2.75, 3.05) is 19.7 Å². The number of hydrogen-bond donors (Lipinski definition) is 1. The summed E-state index contributed by atoms with van der Waals surface area (Å²) in [4.78, 5) is 36.6. The van der Waals surface area contributed by atoms with E-state index in [4.69, 9.17) is 33.7 Å². The van der Waals surface area contributed by atoms with Crippen molar-refractivity contribution < 1.29 is 19.1 Å². The summed E-state index contributed by atoms with van der Waals surface area (Å²) in [5.74, 6) is -1.58. The molecule has 0 aromatic heterocycles. The minimum Gasteiger partial charge on any atom is -0.452 e. The van der Waals surface area contributed by atoms with Crippen LogP contribution in [0.4, 0.5) is 0 Å². The van der Waals surface area contributed by atoms with Crippen molar-refractivity contribution in [3.63, 3.8) is 0 Å². The molecule has 8 heteroatoms. The molecule has 0 saturated carbocycles. The first kappa shape index (κ1) is 17.6. The zero-order chi connectivity index (χ0) is 17.0. The number of ether oxygens (including phenoxy) is 1. The Balaban J connectivity index is 1.86. The molecule has 0 radical (unpaired) electrons. The van der Waals surface area contributed by atoms with E-state index in [-0.39, 0.29) is 39.9 Å². The molecule has 0 bridgehead atoms. The van der Waals surface area contributed by atoms with E-state index in [9.17, 15) is 14.4 Å². The highest BCUT2D eigenvalue weighted by molar-refractivity contribution is 6.43. The number of nitrogens with two attached hydrogens (primary N) is 1. The molecule has 1 fully saturated rings. The van der Waals surface area contributed by atoms with Gasteiger partial charge in [-0.3, -0.25) is 9.59 Å². The van der Waals surface area contributed by atoms with E-state index in [1.165, 1.54) is 6.07 Å². The topological polar surface area (TPSA) is 89.7 Å². The van der Waals surface area contributed by atoms with Gasteiger partial charge in [-0.05, 0) is 25.0 Å². The molecule has 2 amide bonds. The summed E-state index contributed by atoms with van der Waals surface area (Å²) in [7, 11) is 0. The van der Waals surface area contributed by atoms with Crippen LogP contribution in [0, 0.1) is 5.92 Å². The number of likely N-dealkylation sites (tertiary alicyclic amines) is 1. The number of rotatable bonds is 4. The normalized spacial score (nSPS) is 15.3. The van der Waals surface area contributed by atoms with Crippen LogP contribution in [0.2, 0.25) is 10.0 Å². The lowest BCUT2D eigenvalue weighted by Crippen LogP contribution is -2.43. The molecule has 0 spiro atoms. The van der Waals surface area contributed by atoms with Gasteiger partial charge in [0.25, 0.3) is 5.91 Å². The van der Waals surface area contributed by atoms with Crippen molar-refractivity contribution in [2.24, 2.45) is 11.7 Å². The second kappa shape index (κ2) is 7.66. The minimum atomic E-state index is -0.710. The van der Waals surface area contributed by atoms with Crippen LogP contribution in [0.5, 0.6) is 0 Å². The van der Waals surface area contributed by atoms with Crippen LogP contribution in [0.3, 0.4) is 0 Å². The molecule has 124 valence electrons. The SMILES string of the molecule is NC(=O)C1CCN(C(=O)COC(=O)c2cccc(Cl)c2Cl)CC1. The molecule has 1 saturated heterocycles. The summed E-state index contributed by atoms with van der Waals surface area (Å²) in [5, 5.41) is 0.329. The third kappa shape index (κ3) is 4.36. The highest BCUT2D eigenvalue weighted by Gasteiger charge is 2.26. The average Bonchev–Trinajstić information content (AvgIpc) is 2.55. The van der Waals surface area contributed by atoms with Crippen molar-refractivity contribution >= 4 is 41.0 Å². The molecule has 23 heavy (non-hydrogen) atoms. The molecule has 0 unspecified atom stereocenters. The predicted molar refractivity (Wildman–Crippen MR) is 85.2 cm³/mol. The first-order chi connectivity index (χ1) is 10.9. The Morgan fingerprint density at radius 3 is 2.48 bits per heavy atom. The molecule has 6 nitrogen and oxygen atoms in total. The van der Waals surface area contributed by atoms with Gasteiger partial charge in [0.2, 0.25) is 5.91 Å². The Morgan fingerprint density at radius 1 is 1.22 bits per heavy atom. The standard InChI is InChI=1S/C15H16Cl2N2O4/c16-11-3-1-2-10(13(11)17)15(22)23-8-12(20)19-6-4-9(5-7-19)14(18)21/h1-3,9H,4-8H2,(H2,18,21). The van der Waals surface area contributed by atoms with E-state index in [0.29, 0.717) is 25.9 Å². The zero-order valence-electron chi connectivity index (χ0n) is 12.3. The summed E-state index contributed by atoms with van der Waals surface area (Å²) >= 11 is 11.8. The fraction of sp³-hybridized carbons (Fsp3) is 0.400. The van der Waals surface area contributed by atoms with E-state index >= 15 is 0 Å². The number of primary amides is 1. The largest absolute Gasteiger partial charge is 0.452 e. The quantitative estimate of drug-likeness (QED) is 0.832. The second-order valence-electron chi connectivity index (χ2n) is 5.23. The van der Waals surface area contributed by atoms with Crippen molar-refractivity contribution in [1.82, 2.24) is 4.90 Å². The maximum absolute atomic E-state index is 12.0. The summed E-state index contributed by atoms with van der Waals surface area (Å²) in [6, 6.07) is 4.59. The molecule has 0 atom stereocenters. The van der Waals surface area contributed by atoms with Gasteiger partial charge in [-0.25, -0.2) is 4.79 Å². The number of nitrogens with zero attached hydrogens (tertiary/aromatic N) is 1. The average molecular weight is 359 g/mol. The van der Waals surface area contributed by atoms with Gasteiger partial charge < -0.3 is 15.4 Å². The molecule has 2 N–H and O–H groups in total. The van der Waals surface area contributed by atoms with Gasteiger partial charge >= 0.3 is 5.97 Å². The monoisotopic (exact) mass is 358 g/mol. The Kier molecular flexibility index (Phi) is 5.85. The van der Waals surface area contributed by atoms with Gasteiger partial charge in [0.1, 0.15) is 0 Å². The Bertz CT molecular complexity index is 628. The van der Waals surface area contributed by atoms with Gasteiger partial charge in [0.15, 0.2) is 6.61 Å². The number of benzene rings is 1. The molecule has 1 aliphatic heterocycles. The van der Waals surface area contributed by atoms with Crippen LogP contribution in [-0.2, 0) is 14.3 Å². The number of halogens is 2. The van der Waals surface area contributed by atoms with E-state index in [2.05, 4.69) is 0 Å². The molecule has 1 aromatic carbocycles. The van der Waals surface area contributed by atoms with Crippen LogP contribution < -0.4 is 5.73 Å². The summed E-state index contributed by atoms with van der Waals surface area (Å²) in [6.07, 6.45) is 1.05. The molecule has 1 aromatic rings. The van der Waals surface area contributed by atoms with Crippen LogP contribution in [-0.4, -0.2) is 42.4 Å². The van der Waals surface area contributed by atoms with Crippen LogP contribution in [0.15, 0.2) is 18.2 Å². The van der Waals surface area contributed by atoms with E-state index < -0.39 is 5.97 Å². The molecule has 2 rings (SSSR count).